The van der Waals surface area contributed by atoms with Gasteiger partial charge >= 0.3 is 5.97 Å². The topological polar surface area (TPSA) is 84.4 Å². The van der Waals surface area contributed by atoms with Crippen molar-refractivity contribution in [1.82, 2.24) is 9.97 Å². The van der Waals surface area contributed by atoms with Crippen LogP contribution in [0.5, 0.6) is 0 Å². The number of esters is 1. The van der Waals surface area contributed by atoms with Crippen LogP contribution in [0.3, 0.4) is 0 Å². The maximum Gasteiger partial charge on any atom is 0.359 e. The Bertz CT molecular complexity index is 1480. The number of aromatic amines is 1. The Morgan fingerprint density at radius 3 is 2.15 bits per heavy atom. The third kappa shape index (κ3) is 4.04. The normalized spacial score (nSPS) is 10.7. The van der Waals surface area contributed by atoms with Crippen molar-refractivity contribution in [1.29, 1.82) is 0 Å². The first kappa shape index (κ1) is 21.5. The van der Waals surface area contributed by atoms with Crippen molar-refractivity contribution in [3.05, 3.63) is 119 Å². The van der Waals surface area contributed by atoms with Gasteiger partial charge in [0.2, 0.25) is 5.78 Å². The van der Waals surface area contributed by atoms with Gasteiger partial charge in [0.05, 0.1) is 18.4 Å². The summed E-state index contributed by atoms with van der Waals surface area (Å²) in [5.41, 5.74) is 3.78. The molecule has 34 heavy (non-hydrogen) atoms. The lowest BCUT2D eigenvalue weighted by Gasteiger charge is -2.07. The lowest BCUT2D eigenvalue weighted by atomic mass is 10.0. The van der Waals surface area contributed by atoms with Crippen LogP contribution in [0, 0.1) is 0 Å². The smallest absolute Gasteiger partial charge is 0.359 e. The number of nitrogens with one attached hydrogen (secondary N) is 1. The number of methoxy groups -OCH3 is 1. The summed E-state index contributed by atoms with van der Waals surface area (Å²) in [6, 6.07) is 26.9. The van der Waals surface area contributed by atoms with Gasteiger partial charge in [0.25, 0.3) is 0 Å². The average molecular weight is 466 g/mol. The van der Waals surface area contributed by atoms with Crippen LogP contribution in [0.2, 0.25) is 0 Å². The van der Waals surface area contributed by atoms with Crippen molar-refractivity contribution in [2.24, 2.45) is 4.99 Å². The standard InChI is InChI=1S/C27H19N3O3S/c1-33-27(32)23-25(29-22(17-10-4-2-5-11-17)18-12-6-3-7-13-18)34-26(30-23)24(31)20-16-28-21-15-9-8-14-19(20)21/h2-16,28H,1H3. The van der Waals surface area contributed by atoms with E-state index >= 15 is 0 Å². The highest BCUT2D eigenvalue weighted by molar-refractivity contribution is 7.17. The molecule has 166 valence electrons. The van der Waals surface area contributed by atoms with Gasteiger partial charge in [0.15, 0.2) is 15.7 Å². The van der Waals surface area contributed by atoms with E-state index in [4.69, 9.17) is 9.73 Å². The SMILES string of the molecule is COC(=O)c1nc(C(=O)c2c[nH]c3ccccc23)sc1N=C(c1ccccc1)c1ccccc1. The molecule has 0 amide bonds. The van der Waals surface area contributed by atoms with Crippen LogP contribution < -0.4 is 0 Å². The van der Waals surface area contributed by atoms with Crippen LogP contribution in [0.25, 0.3) is 10.9 Å². The third-order valence-electron chi connectivity index (χ3n) is 5.32. The van der Waals surface area contributed by atoms with Crippen LogP contribution in [0.4, 0.5) is 5.00 Å². The zero-order valence-electron chi connectivity index (χ0n) is 18.2. The minimum Gasteiger partial charge on any atom is -0.464 e. The molecular weight excluding hydrogens is 446 g/mol. The number of carbonyl (C=O) groups excluding carboxylic acids is 2. The van der Waals surface area contributed by atoms with E-state index in [-0.39, 0.29) is 16.5 Å². The van der Waals surface area contributed by atoms with E-state index in [2.05, 4.69) is 9.97 Å². The molecule has 1 N–H and O–H groups in total. The molecule has 0 saturated heterocycles. The molecule has 6 nitrogen and oxygen atoms in total. The number of hydrogen-bond donors (Lipinski definition) is 1. The molecule has 0 radical (unpaired) electrons. The number of carbonyl (C=O) groups is 2. The number of benzene rings is 3. The summed E-state index contributed by atoms with van der Waals surface area (Å²) in [4.78, 5) is 38.2. The lowest BCUT2D eigenvalue weighted by molar-refractivity contribution is 0.0596. The van der Waals surface area contributed by atoms with Gasteiger partial charge < -0.3 is 9.72 Å². The summed E-state index contributed by atoms with van der Waals surface area (Å²) in [7, 11) is 1.28. The first-order valence-electron chi connectivity index (χ1n) is 10.5. The molecule has 0 aliphatic rings. The molecule has 2 heterocycles. The van der Waals surface area contributed by atoms with Crippen molar-refractivity contribution in [3.63, 3.8) is 0 Å². The fraction of sp³-hybridized carbons (Fsp3) is 0.0370. The molecule has 0 saturated carbocycles. The van der Waals surface area contributed by atoms with Crippen molar-refractivity contribution in [2.45, 2.75) is 0 Å². The number of rotatable bonds is 6. The number of H-pyrrole nitrogens is 1. The first-order valence-corrected chi connectivity index (χ1v) is 11.4. The first-order chi connectivity index (χ1) is 16.7. The van der Waals surface area contributed by atoms with Crippen LogP contribution in [-0.2, 0) is 4.74 Å². The van der Waals surface area contributed by atoms with Crippen LogP contribution in [0.1, 0.15) is 37.0 Å². The van der Waals surface area contributed by atoms with E-state index < -0.39 is 5.97 Å². The molecular formula is C27H19N3O3S. The molecule has 0 bridgehead atoms. The van der Waals surface area contributed by atoms with Gasteiger partial charge in [-0.3, -0.25) is 4.79 Å². The lowest BCUT2D eigenvalue weighted by Crippen LogP contribution is -2.06. The number of ether oxygens (including phenoxy) is 1. The van der Waals surface area contributed by atoms with Crippen molar-refractivity contribution in [3.8, 4) is 0 Å². The highest BCUT2D eigenvalue weighted by atomic mass is 32.1. The third-order valence-corrected chi connectivity index (χ3v) is 6.27. The molecule has 0 aliphatic carbocycles. The number of hydrogen-bond acceptors (Lipinski definition) is 6. The fourth-order valence-corrected chi connectivity index (χ4v) is 4.56. The number of fused-ring (bicyclic) bond motifs is 1. The Kier molecular flexibility index (Phi) is 5.84. The Morgan fingerprint density at radius 1 is 0.882 bits per heavy atom. The van der Waals surface area contributed by atoms with Gasteiger partial charge in [-0.2, -0.15) is 0 Å². The van der Waals surface area contributed by atoms with Crippen LogP contribution >= 0.6 is 11.3 Å². The molecule has 5 rings (SSSR count). The molecule has 3 aromatic carbocycles. The maximum absolute atomic E-state index is 13.4. The molecule has 0 spiro atoms. The monoisotopic (exact) mass is 465 g/mol. The molecule has 5 aromatic rings. The van der Waals surface area contributed by atoms with Gasteiger partial charge in [0, 0.05) is 28.2 Å². The van der Waals surface area contributed by atoms with E-state index in [1.54, 1.807) is 6.20 Å². The predicted molar refractivity (Wildman–Crippen MR) is 133 cm³/mol. The zero-order chi connectivity index (χ0) is 23.5. The van der Waals surface area contributed by atoms with E-state index in [0.29, 0.717) is 16.3 Å². The highest BCUT2D eigenvalue weighted by Crippen LogP contribution is 2.32. The molecule has 0 unspecified atom stereocenters. The maximum atomic E-state index is 13.4. The minimum atomic E-state index is -0.645. The highest BCUT2D eigenvalue weighted by Gasteiger charge is 2.25. The summed E-state index contributed by atoms with van der Waals surface area (Å²) >= 11 is 1.07. The van der Waals surface area contributed by atoms with E-state index in [1.807, 2.05) is 84.9 Å². The number of nitrogens with zero attached hydrogens (tertiary/aromatic N) is 2. The van der Waals surface area contributed by atoms with E-state index in [0.717, 1.165) is 33.4 Å². The predicted octanol–water partition coefficient (Wildman–Crippen LogP) is 5.81. The molecule has 0 atom stereocenters. The van der Waals surface area contributed by atoms with E-state index in [9.17, 15) is 9.59 Å². The largest absolute Gasteiger partial charge is 0.464 e. The van der Waals surface area contributed by atoms with Crippen molar-refractivity contribution >= 4 is 44.7 Å². The fourth-order valence-electron chi connectivity index (χ4n) is 3.68. The summed E-state index contributed by atoms with van der Waals surface area (Å²) < 4.78 is 4.94. The Labute approximate surface area is 199 Å². The number of para-hydroxylation sites is 1. The van der Waals surface area contributed by atoms with Gasteiger partial charge in [0.1, 0.15) is 0 Å². The Balaban J connectivity index is 1.65. The zero-order valence-corrected chi connectivity index (χ0v) is 19.0. The van der Waals surface area contributed by atoms with Crippen LogP contribution in [0.15, 0.2) is 96.1 Å². The summed E-state index contributed by atoms with van der Waals surface area (Å²) in [5.74, 6) is -0.927. The second-order valence-electron chi connectivity index (χ2n) is 7.43. The molecule has 7 heteroatoms. The Hall–Kier alpha value is -4.36. The summed E-state index contributed by atoms with van der Waals surface area (Å²) in [6.07, 6.45) is 1.66. The quantitative estimate of drug-likeness (QED) is 0.195. The number of ketones is 1. The minimum absolute atomic E-state index is 0.0139. The average Bonchev–Trinajstić information content (AvgIpc) is 3.52. The van der Waals surface area contributed by atoms with Crippen LogP contribution in [-0.4, -0.2) is 34.5 Å². The van der Waals surface area contributed by atoms with Crippen molar-refractivity contribution in [2.75, 3.05) is 7.11 Å². The second-order valence-corrected chi connectivity index (χ2v) is 8.41. The number of aliphatic imine (C=N–C) groups is 1. The van der Waals surface area contributed by atoms with Gasteiger partial charge in [-0.15, -0.1) is 0 Å². The van der Waals surface area contributed by atoms with Gasteiger partial charge in [-0.1, -0.05) is 90.2 Å². The van der Waals surface area contributed by atoms with Gasteiger partial charge in [-0.05, 0) is 6.07 Å². The van der Waals surface area contributed by atoms with Gasteiger partial charge in [-0.25, -0.2) is 14.8 Å². The molecule has 0 fully saturated rings. The summed E-state index contributed by atoms with van der Waals surface area (Å²) in [5, 5.41) is 1.28. The number of aromatic nitrogens is 2. The van der Waals surface area contributed by atoms with Crippen molar-refractivity contribution < 1.29 is 14.3 Å². The molecule has 2 aromatic heterocycles. The molecule has 0 aliphatic heterocycles. The Morgan fingerprint density at radius 2 is 1.50 bits per heavy atom. The van der Waals surface area contributed by atoms with E-state index in [1.165, 1.54) is 7.11 Å². The summed E-state index contributed by atoms with van der Waals surface area (Å²) in [6.45, 7) is 0. The number of thiazole rings is 1. The second kappa shape index (κ2) is 9.25.